The van der Waals surface area contributed by atoms with Gasteiger partial charge in [-0.2, -0.15) is 0 Å². The Bertz CT molecular complexity index is 1640. The van der Waals surface area contributed by atoms with Gasteiger partial charge >= 0.3 is 11.7 Å². The Kier molecular flexibility index (Phi) is 5.86. The fourth-order valence-corrected chi connectivity index (χ4v) is 5.16. The number of nitrogens with zero attached hydrogens (tertiary/aromatic N) is 5. The smallest absolute Gasteiger partial charge is 0.335 e. The first kappa shape index (κ1) is 22.9. The molecular formula is C29H25N5O3. The lowest BCUT2D eigenvalue weighted by Gasteiger charge is -2.16. The molecular weight excluding hydrogens is 466 g/mol. The van der Waals surface area contributed by atoms with Gasteiger partial charge in [0.25, 0.3) is 0 Å². The number of carboxylic acid groups (broad SMARTS) is 1. The van der Waals surface area contributed by atoms with E-state index in [1.807, 2.05) is 59.2 Å². The van der Waals surface area contributed by atoms with Crippen LogP contribution in [0, 0.1) is 0 Å². The number of hydrogen-bond donors (Lipinski definition) is 1. The molecule has 0 radical (unpaired) electrons. The molecule has 6 rings (SSSR count). The quantitative estimate of drug-likeness (QED) is 0.379. The largest absolute Gasteiger partial charge is 0.478 e. The monoisotopic (exact) mass is 491 g/mol. The minimum absolute atomic E-state index is 0.0441. The van der Waals surface area contributed by atoms with E-state index in [1.165, 1.54) is 12.3 Å². The van der Waals surface area contributed by atoms with Crippen LogP contribution in [0.4, 0.5) is 0 Å². The van der Waals surface area contributed by atoms with Gasteiger partial charge in [0.2, 0.25) is 0 Å². The SMILES string of the molecule is O=C(O)c1ccnc(CN2CCC(n3c(=O)n(-c4ccc(-c5ccccc5)cc4)c4cccnc43)C2)c1. The van der Waals surface area contributed by atoms with Crippen LogP contribution in [0.1, 0.15) is 28.5 Å². The van der Waals surface area contributed by atoms with Gasteiger partial charge in [0, 0.05) is 32.0 Å². The van der Waals surface area contributed by atoms with Crippen LogP contribution in [0.3, 0.4) is 0 Å². The molecule has 184 valence electrons. The Labute approximate surface area is 213 Å². The molecule has 8 nitrogen and oxygen atoms in total. The van der Waals surface area contributed by atoms with Gasteiger partial charge < -0.3 is 5.11 Å². The maximum absolute atomic E-state index is 13.8. The second-order valence-electron chi connectivity index (χ2n) is 9.27. The van der Waals surface area contributed by atoms with Crippen molar-refractivity contribution in [2.24, 2.45) is 0 Å². The third kappa shape index (κ3) is 4.32. The average Bonchev–Trinajstić information content (AvgIpc) is 3.50. The van der Waals surface area contributed by atoms with E-state index in [4.69, 9.17) is 0 Å². The zero-order valence-electron chi connectivity index (χ0n) is 20.1. The molecule has 1 atom stereocenters. The van der Waals surface area contributed by atoms with Crippen molar-refractivity contribution in [2.75, 3.05) is 13.1 Å². The van der Waals surface area contributed by atoms with E-state index in [0.717, 1.165) is 35.3 Å². The van der Waals surface area contributed by atoms with Crippen LogP contribution >= 0.6 is 0 Å². The molecule has 3 aromatic heterocycles. The van der Waals surface area contributed by atoms with E-state index in [-0.39, 0.29) is 17.3 Å². The number of imidazole rings is 1. The van der Waals surface area contributed by atoms with Gasteiger partial charge in [0.15, 0.2) is 5.65 Å². The Morgan fingerprint density at radius 1 is 0.919 bits per heavy atom. The van der Waals surface area contributed by atoms with Crippen LogP contribution < -0.4 is 5.69 Å². The van der Waals surface area contributed by atoms with E-state index in [9.17, 15) is 14.7 Å². The fraction of sp³-hybridized carbons (Fsp3) is 0.172. The highest BCUT2D eigenvalue weighted by Gasteiger charge is 2.29. The Balaban J connectivity index is 1.31. The van der Waals surface area contributed by atoms with Gasteiger partial charge in [0.05, 0.1) is 28.5 Å². The first-order valence-corrected chi connectivity index (χ1v) is 12.2. The minimum atomic E-state index is -0.967. The number of rotatable bonds is 6. The van der Waals surface area contributed by atoms with Crippen LogP contribution in [-0.2, 0) is 6.54 Å². The first-order chi connectivity index (χ1) is 18.1. The van der Waals surface area contributed by atoms with Crippen molar-refractivity contribution in [2.45, 2.75) is 19.0 Å². The molecule has 1 N–H and O–H groups in total. The number of aromatic nitrogens is 4. The molecule has 1 unspecified atom stereocenters. The molecule has 0 amide bonds. The highest BCUT2D eigenvalue weighted by Crippen LogP contribution is 2.27. The van der Waals surface area contributed by atoms with Crippen LogP contribution in [0.5, 0.6) is 0 Å². The van der Waals surface area contributed by atoms with E-state index in [2.05, 4.69) is 27.0 Å². The van der Waals surface area contributed by atoms with Gasteiger partial charge in [-0.25, -0.2) is 14.6 Å². The third-order valence-corrected chi connectivity index (χ3v) is 6.93. The number of carboxylic acids is 1. The average molecular weight is 492 g/mol. The lowest BCUT2D eigenvalue weighted by molar-refractivity contribution is 0.0696. The molecule has 1 fully saturated rings. The van der Waals surface area contributed by atoms with Crippen molar-refractivity contribution in [1.29, 1.82) is 0 Å². The number of pyridine rings is 2. The molecule has 0 spiro atoms. The van der Waals surface area contributed by atoms with Crippen molar-refractivity contribution in [3.63, 3.8) is 0 Å². The van der Waals surface area contributed by atoms with E-state index < -0.39 is 5.97 Å². The van der Waals surface area contributed by atoms with E-state index in [1.54, 1.807) is 16.8 Å². The summed E-state index contributed by atoms with van der Waals surface area (Å²) >= 11 is 0. The maximum atomic E-state index is 13.8. The number of likely N-dealkylation sites (tertiary alicyclic amines) is 1. The fourth-order valence-electron chi connectivity index (χ4n) is 5.16. The molecule has 37 heavy (non-hydrogen) atoms. The summed E-state index contributed by atoms with van der Waals surface area (Å²) in [5, 5.41) is 9.27. The lowest BCUT2D eigenvalue weighted by Crippen LogP contribution is -2.29. The first-order valence-electron chi connectivity index (χ1n) is 12.2. The number of aromatic carboxylic acids is 1. The number of carbonyl (C=O) groups is 1. The third-order valence-electron chi connectivity index (χ3n) is 6.93. The molecule has 4 heterocycles. The number of benzene rings is 2. The van der Waals surface area contributed by atoms with Crippen molar-refractivity contribution in [1.82, 2.24) is 24.0 Å². The summed E-state index contributed by atoms with van der Waals surface area (Å²) in [6.45, 7) is 1.96. The summed E-state index contributed by atoms with van der Waals surface area (Å²) in [5.41, 5.74) is 5.26. The zero-order valence-corrected chi connectivity index (χ0v) is 20.1. The summed E-state index contributed by atoms with van der Waals surface area (Å²) in [6.07, 6.45) is 4.04. The van der Waals surface area contributed by atoms with Crippen molar-refractivity contribution in [3.05, 3.63) is 113 Å². The van der Waals surface area contributed by atoms with Crippen molar-refractivity contribution < 1.29 is 9.90 Å². The maximum Gasteiger partial charge on any atom is 0.335 e. The molecule has 5 aromatic rings. The second-order valence-corrected chi connectivity index (χ2v) is 9.27. The molecule has 0 bridgehead atoms. The van der Waals surface area contributed by atoms with Gasteiger partial charge in [-0.15, -0.1) is 0 Å². The van der Waals surface area contributed by atoms with E-state index in [0.29, 0.717) is 24.4 Å². The Morgan fingerprint density at radius 3 is 2.49 bits per heavy atom. The lowest BCUT2D eigenvalue weighted by atomic mass is 10.1. The summed E-state index contributed by atoms with van der Waals surface area (Å²) in [6, 6.07) is 25.0. The van der Waals surface area contributed by atoms with Crippen molar-refractivity contribution in [3.8, 4) is 16.8 Å². The van der Waals surface area contributed by atoms with Crippen LogP contribution in [0.25, 0.3) is 28.0 Å². The molecule has 0 aliphatic carbocycles. The highest BCUT2D eigenvalue weighted by molar-refractivity contribution is 5.87. The van der Waals surface area contributed by atoms with E-state index >= 15 is 0 Å². The topological polar surface area (TPSA) is 93.3 Å². The van der Waals surface area contributed by atoms with Crippen LogP contribution in [0.2, 0.25) is 0 Å². The molecule has 1 aliphatic rings. The number of hydrogen-bond acceptors (Lipinski definition) is 5. The highest BCUT2D eigenvalue weighted by atomic mass is 16.4. The summed E-state index contributed by atoms with van der Waals surface area (Å²) in [7, 11) is 0. The van der Waals surface area contributed by atoms with Crippen LogP contribution in [-0.4, -0.2) is 48.2 Å². The molecule has 0 saturated carbocycles. The molecule has 1 saturated heterocycles. The van der Waals surface area contributed by atoms with Crippen LogP contribution in [0.15, 0.2) is 96.1 Å². The van der Waals surface area contributed by atoms with Gasteiger partial charge in [0.1, 0.15) is 0 Å². The minimum Gasteiger partial charge on any atom is -0.478 e. The van der Waals surface area contributed by atoms with Gasteiger partial charge in [-0.1, -0.05) is 42.5 Å². The van der Waals surface area contributed by atoms with Gasteiger partial charge in [-0.3, -0.25) is 19.0 Å². The number of fused-ring (bicyclic) bond motifs is 1. The standard InChI is InChI=1S/C29H25N5O3/c35-28(36)22-12-15-30-23(17-22)18-32-16-13-25(19-32)34-27-26(7-4-14-31-27)33(29(34)37)24-10-8-21(9-11-24)20-5-2-1-3-6-20/h1-12,14-15,17,25H,13,16,18-19H2,(H,35,36). The summed E-state index contributed by atoms with van der Waals surface area (Å²) < 4.78 is 3.54. The van der Waals surface area contributed by atoms with Gasteiger partial charge in [-0.05, 0) is 53.9 Å². The second kappa shape index (κ2) is 9.48. The normalized spacial score (nSPS) is 15.8. The Morgan fingerprint density at radius 2 is 1.70 bits per heavy atom. The molecule has 1 aliphatic heterocycles. The molecule has 8 heteroatoms. The summed E-state index contributed by atoms with van der Waals surface area (Å²) in [5.74, 6) is -0.967. The summed E-state index contributed by atoms with van der Waals surface area (Å²) in [4.78, 5) is 36.2. The zero-order chi connectivity index (χ0) is 25.4. The predicted octanol–water partition coefficient (Wildman–Crippen LogP) is 4.39. The molecule has 2 aromatic carbocycles. The van der Waals surface area contributed by atoms with Crippen molar-refractivity contribution >= 4 is 17.1 Å². The Hall–Kier alpha value is -4.56. The predicted molar refractivity (Wildman–Crippen MR) is 141 cm³/mol.